The Bertz CT molecular complexity index is 672. The average molecular weight is 376 g/mol. The van der Waals surface area contributed by atoms with Gasteiger partial charge in [0.05, 0.1) is 6.10 Å². The predicted molar refractivity (Wildman–Crippen MR) is 106 cm³/mol. The second-order valence-electron chi connectivity index (χ2n) is 8.30. The number of anilines is 1. The Labute approximate surface area is 162 Å². The molecule has 7 nitrogen and oxygen atoms in total. The molecule has 2 unspecified atom stereocenters. The number of carbonyl (C=O) groups excluding carboxylic acids is 1. The lowest BCUT2D eigenvalue weighted by atomic mass is 9.54. The highest BCUT2D eigenvalue weighted by atomic mass is 16.5. The van der Waals surface area contributed by atoms with Crippen molar-refractivity contribution in [2.45, 2.75) is 71.1 Å². The minimum atomic E-state index is -0.855. The standard InChI is InChI=1S/C20H33N5O2/c1-5-14-11-17(23-13-22-14)25-9-7-15(8-10-25)24-18(26)20(21)12-16(27-6-2)19(20,3)4/h11,13,15-16H,5-10,12,21H2,1-4H3,(H,24,26). The van der Waals surface area contributed by atoms with Gasteiger partial charge in [-0.25, -0.2) is 9.97 Å². The number of carbonyl (C=O) groups is 1. The van der Waals surface area contributed by atoms with Crippen LogP contribution in [0.1, 0.15) is 52.7 Å². The molecular weight excluding hydrogens is 342 g/mol. The number of hydrogen-bond donors (Lipinski definition) is 2. The quantitative estimate of drug-likeness (QED) is 0.785. The molecule has 1 aromatic rings. The van der Waals surface area contributed by atoms with Crippen molar-refractivity contribution in [3.8, 4) is 0 Å². The van der Waals surface area contributed by atoms with Crippen LogP contribution < -0.4 is 16.0 Å². The summed E-state index contributed by atoms with van der Waals surface area (Å²) < 4.78 is 5.73. The maximum absolute atomic E-state index is 12.9. The highest BCUT2D eigenvalue weighted by Crippen LogP contribution is 2.49. The Balaban J connectivity index is 1.54. The SMILES string of the molecule is CCOC1CC(N)(C(=O)NC2CCN(c3cc(CC)ncn3)CC2)C1(C)C. The van der Waals surface area contributed by atoms with Gasteiger partial charge in [0.1, 0.15) is 17.7 Å². The van der Waals surface area contributed by atoms with Crippen LogP contribution >= 0.6 is 0 Å². The average Bonchev–Trinajstić information content (AvgIpc) is 2.68. The fourth-order valence-corrected chi connectivity index (χ4v) is 4.14. The van der Waals surface area contributed by atoms with Gasteiger partial charge in [0.15, 0.2) is 0 Å². The summed E-state index contributed by atoms with van der Waals surface area (Å²) in [5.74, 6) is 0.929. The predicted octanol–water partition coefficient (Wildman–Crippen LogP) is 1.66. The third-order valence-electron chi connectivity index (χ3n) is 6.46. The maximum Gasteiger partial charge on any atom is 0.241 e. The summed E-state index contributed by atoms with van der Waals surface area (Å²) in [4.78, 5) is 23.8. The smallest absolute Gasteiger partial charge is 0.241 e. The molecule has 2 heterocycles. The molecule has 0 aromatic carbocycles. The minimum Gasteiger partial charge on any atom is -0.378 e. The number of nitrogens with two attached hydrogens (primary N) is 1. The second kappa shape index (κ2) is 7.72. The summed E-state index contributed by atoms with van der Waals surface area (Å²) >= 11 is 0. The fraction of sp³-hybridized carbons (Fsp3) is 0.750. The van der Waals surface area contributed by atoms with Crippen LogP contribution in [-0.4, -0.2) is 53.3 Å². The Morgan fingerprint density at radius 3 is 2.63 bits per heavy atom. The summed E-state index contributed by atoms with van der Waals surface area (Å²) in [6.07, 6.45) is 4.95. The number of rotatable bonds is 6. The summed E-state index contributed by atoms with van der Waals surface area (Å²) in [7, 11) is 0. The molecule has 0 radical (unpaired) electrons. The molecule has 1 saturated carbocycles. The van der Waals surface area contributed by atoms with Crippen molar-refractivity contribution >= 4 is 11.7 Å². The van der Waals surface area contributed by atoms with Crippen LogP contribution in [0.3, 0.4) is 0 Å². The van der Waals surface area contributed by atoms with Crippen LogP contribution in [0.25, 0.3) is 0 Å². The Morgan fingerprint density at radius 2 is 2.04 bits per heavy atom. The molecule has 0 spiro atoms. The largest absolute Gasteiger partial charge is 0.378 e. The summed E-state index contributed by atoms with van der Waals surface area (Å²) in [5, 5.41) is 3.20. The summed E-state index contributed by atoms with van der Waals surface area (Å²) in [5.41, 5.74) is 6.33. The van der Waals surface area contributed by atoms with Crippen LogP contribution in [0, 0.1) is 5.41 Å². The van der Waals surface area contributed by atoms with Gasteiger partial charge < -0.3 is 20.7 Å². The van der Waals surface area contributed by atoms with Crippen molar-refractivity contribution in [2.24, 2.45) is 11.1 Å². The molecule has 2 aliphatic rings. The molecule has 1 saturated heterocycles. The van der Waals surface area contributed by atoms with Crippen LogP contribution in [0.2, 0.25) is 0 Å². The molecule has 3 rings (SSSR count). The van der Waals surface area contributed by atoms with E-state index in [1.54, 1.807) is 6.33 Å². The molecule has 0 bridgehead atoms. The minimum absolute atomic E-state index is 0.0443. The van der Waals surface area contributed by atoms with E-state index in [2.05, 4.69) is 33.2 Å². The molecular formula is C20H33N5O2. The topological polar surface area (TPSA) is 93.4 Å². The third-order valence-corrected chi connectivity index (χ3v) is 6.46. The van der Waals surface area contributed by atoms with Crippen molar-refractivity contribution in [1.29, 1.82) is 0 Å². The first kappa shape index (κ1) is 20.0. The van der Waals surface area contributed by atoms with Crippen LogP contribution in [0.4, 0.5) is 5.82 Å². The number of amides is 1. The first-order chi connectivity index (χ1) is 12.8. The maximum atomic E-state index is 12.9. The molecule has 1 aliphatic carbocycles. The zero-order valence-corrected chi connectivity index (χ0v) is 17.0. The number of ether oxygens (including phenoxy) is 1. The number of hydrogen-bond acceptors (Lipinski definition) is 6. The summed E-state index contributed by atoms with van der Waals surface area (Å²) in [6, 6.07) is 2.21. The van der Waals surface area contributed by atoms with Crippen LogP contribution in [0.5, 0.6) is 0 Å². The Hall–Kier alpha value is -1.73. The molecule has 1 aromatic heterocycles. The molecule has 1 amide bonds. The zero-order chi connectivity index (χ0) is 19.7. The van der Waals surface area contributed by atoms with Crippen molar-refractivity contribution in [3.63, 3.8) is 0 Å². The number of nitrogens with zero attached hydrogens (tertiary/aromatic N) is 3. The van der Waals surface area contributed by atoms with Crippen LogP contribution in [0.15, 0.2) is 12.4 Å². The van der Waals surface area contributed by atoms with Gasteiger partial charge >= 0.3 is 0 Å². The number of piperidine rings is 1. The lowest BCUT2D eigenvalue weighted by Gasteiger charge is -2.57. The Kier molecular flexibility index (Phi) is 5.72. The normalized spacial score (nSPS) is 27.9. The lowest BCUT2D eigenvalue weighted by Crippen LogP contribution is -2.76. The van der Waals surface area contributed by atoms with Crippen molar-refractivity contribution in [1.82, 2.24) is 15.3 Å². The van der Waals surface area contributed by atoms with Gasteiger partial charge in [-0.1, -0.05) is 20.8 Å². The van der Waals surface area contributed by atoms with E-state index in [0.717, 1.165) is 43.9 Å². The van der Waals surface area contributed by atoms with Crippen molar-refractivity contribution in [3.05, 3.63) is 18.1 Å². The summed E-state index contributed by atoms with van der Waals surface area (Å²) in [6.45, 7) is 10.5. The molecule has 2 fully saturated rings. The highest BCUT2D eigenvalue weighted by Gasteiger charge is 2.63. The number of nitrogens with one attached hydrogen (secondary N) is 1. The van der Waals surface area contributed by atoms with E-state index < -0.39 is 5.54 Å². The Morgan fingerprint density at radius 1 is 1.33 bits per heavy atom. The van der Waals surface area contributed by atoms with E-state index in [-0.39, 0.29) is 23.5 Å². The highest BCUT2D eigenvalue weighted by molar-refractivity contribution is 5.89. The molecule has 150 valence electrons. The van der Waals surface area contributed by atoms with Gasteiger partial charge in [0.25, 0.3) is 0 Å². The van der Waals surface area contributed by atoms with E-state index in [1.807, 2.05) is 20.8 Å². The van der Waals surface area contributed by atoms with Crippen molar-refractivity contribution in [2.75, 3.05) is 24.6 Å². The zero-order valence-electron chi connectivity index (χ0n) is 17.0. The molecule has 2 atom stereocenters. The molecule has 1 aliphatic heterocycles. The molecule has 3 N–H and O–H groups in total. The fourth-order valence-electron chi connectivity index (χ4n) is 4.14. The van der Waals surface area contributed by atoms with E-state index >= 15 is 0 Å². The van der Waals surface area contributed by atoms with E-state index in [9.17, 15) is 4.79 Å². The monoisotopic (exact) mass is 375 g/mol. The third kappa shape index (κ3) is 3.67. The van der Waals surface area contributed by atoms with Crippen LogP contribution in [-0.2, 0) is 16.0 Å². The van der Waals surface area contributed by atoms with Gasteiger partial charge in [-0.3, -0.25) is 4.79 Å². The van der Waals surface area contributed by atoms with Gasteiger partial charge in [-0.2, -0.15) is 0 Å². The first-order valence-electron chi connectivity index (χ1n) is 10.1. The van der Waals surface area contributed by atoms with Gasteiger partial charge in [-0.15, -0.1) is 0 Å². The van der Waals surface area contributed by atoms with Crippen molar-refractivity contribution < 1.29 is 9.53 Å². The number of aryl methyl sites for hydroxylation is 1. The first-order valence-corrected chi connectivity index (χ1v) is 10.1. The molecule has 7 heteroatoms. The van der Waals surface area contributed by atoms with Gasteiger partial charge in [0, 0.05) is 49.3 Å². The molecule has 27 heavy (non-hydrogen) atoms. The van der Waals surface area contributed by atoms with E-state index in [4.69, 9.17) is 10.5 Å². The van der Waals surface area contributed by atoms with Gasteiger partial charge in [0.2, 0.25) is 5.91 Å². The lowest BCUT2D eigenvalue weighted by molar-refractivity contribution is -0.171. The van der Waals surface area contributed by atoms with E-state index in [0.29, 0.717) is 13.0 Å². The van der Waals surface area contributed by atoms with E-state index in [1.165, 1.54) is 0 Å². The van der Waals surface area contributed by atoms with Gasteiger partial charge in [-0.05, 0) is 26.2 Å². The number of aromatic nitrogens is 2. The second-order valence-corrected chi connectivity index (χ2v) is 8.30.